The second-order valence-corrected chi connectivity index (χ2v) is 8.32. The fraction of sp³-hybridized carbons (Fsp3) is 0.273. The van der Waals surface area contributed by atoms with Gasteiger partial charge in [0.2, 0.25) is 6.79 Å². The summed E-state index contributed by atoms with van der Waals surface area (Å²) in [4.78, 5) is 46.6. The first-order valence-corrected chi connectivity index (χ1v) is 10.1. The molecule has 10 nitrogen and oxygen atoms in total. The average molecular weight is 494 g/mol. The molecule has 2 aromatic heterocycles. The molecule has 1 aliphatic rings. The largest absolute Gasteiger partial charge is 0.490 e. The Hall–Kier alpha value is -4.29. The molecule has 0 radical (unpaired) electrons. The summed E-state index contributed by atoms with van der Waals surface area (Å²) in [6, 6.07) is 5.35. The van der Waals surface area contributed by atoms with Crippen LogP contribution < -0.4 is 31.3 Å². The van der Waals surface area contributed by atoms with Gasteiger partial charge in [0.1, 0.15) is 10.7 Å². The van der Waals surface area contributed by atoms with Crippen molar-refractivity contribution < 1.29 is 32.5 Å². The number of carbonyl (C=O) groups is 1. The topological polar surface area (TPSA) is 150 Å². The lowest BCUT2D eigenvalue weighted by Gasteiger charge is -2.16. The molecule has 0 aliphatic carbocycles. The lowest BCUT2D eigenvalue weighted by molar-refractivity contribution is -0.192. The molecule has 3 heterocycles. The van der Waals surface area contributed by atoms with Gasteiger partial charge in [0.05, 0.1) is 12.0 Å². The van der Waals surface area contributed by atoms with Gasteiger partial charge in [-0.15, -0.1) is 0 Å². The number of hydrogen-bond donors (Lipinski definition) is 4. The number of para-hydroxylation sites is 1. The molecule has 0 fully saturated rings. The zero-order valence-electron chi connectivity index (χ0n) is 18.7. The van der Waals surface area contributed by atoms with Gasteiger partial charge in [0, 0.05) is 16.7 Å². The van der Waals surface area contributed by atoms with Crippen LogP contribution in [0.4, 0.5) is 13.2 Å². The molecule has 186 valence electrons. The summed E-state index contributed by atoms with van der Waals surface area (Å²) >= 11 is 0. The number of alkyl halides is 3. The normalized spacial score (nSPS) is 14.0. The molecule has 0 saturated heterocycles. The summed E-state index contributed by atoms with van der Waals surface area (Å²) < 4.78 is 42.5. The molecule has 0 amide bonds. The Morgan fingerprint density at radius 3 is 2.23 bits per heavy atom. The Bertz CT molecular complexity index is 1480. The van der Waals surface area contributed by atoms with Crippen molar-refractivity contribution >= 4 is 18.1 Å². The minimum Gasteiger partial charge on any atom is -0.475 e. The van der Waals surface area contributed by atoms with Crippen molar-refractivity contribution in [1.29, 1.82) is 0 Å². The molecule has 35 heavy (non-hydrogen) atoms. The van der Waals surface area contributed by atoms with E-state index < -0.39 is 23.3 Å². The van der Waals surface area contributed by atoms with Crippen molar-refractivity contribution in [1.82, 2.24) is 19.9 Å². The summed E-state index contributed by atoms with van der Waals surface area (Å²) in [5.74, 6) is -1.61. The van der Waals surface area contributed by atoms with Crippen molar-refractivity contribution in [3.8, 4) is 11.5 Å². The van der Waals surface area contributed by atoms with Crippen LogP contribution in [0.2, 0.25) is 0 Å². The highest BCUT2D eigenvalue weighted by Crippen LogP contribution is 2.35. The Morgan fingerprint density at radius 1 is 1.06 bits per heavy atom. The number of aromatic amines is 3. The molecule has 0 unspecified atom stereocenters. The van der Waals surface area contributed by atoms with E-state index in [1.807, 2.05) is 20.8 Å². The highest BCUT2D eigenvalue weighted by molar-refractivity contribution is 5.73. The number of nitrogens with one attached hydrogen (secondary N) is 3. The number of aromatic nitrogens is 4. The fourth-order valence-corrected chi connectivity index (χ4v) is 3.07. The van der Waals surface area contributed by atoms with Gasteiger partial charge < -0.3 is 29.5 Å². The molecule has 0 bridgehead atoms. The van der Waals surface area contributed by atoms with Gasteiger partial charge in [0.25, 0.3) is 11.1 Å². The van der Waals surface area contributed by atoms with E-state index in [-0.39, 0.29) is 22.9 Å². The number of nitrogens with zero attached hydrogens (tertiary/aromatic N) is 1. The summed E-state index contributed by atoms with van der Waals surface area (Å²) in [5, 5.41) is 7.39. The Kier molecular flexibility index (Phi) is 6.89. The maximum Gasteiger partial charge on any atom is 0.490 e. The quantitative estimate of drug-likeness (QED) is 0.417. The average Bonchev–Trinajstić information content (AvgIpc) is 3.41. The standard InChI is InChI=1S/C20H20N4O4.C2HF3O2/c1-20(2,3)17-12(21-9-22-17)8-14-19(26)23-13(18(25)24-14)7-11-5-4-6-15-16(11)28-10-27-15;3-2(4,5)1(6)7/h4-9H,10H2,1-3H3,(H,21,22)(H,23,26)(H,24,25);(H,6,7)/b13-7-,14-8-;. The predicted molar refractivity (Wildman–Crippen MR) is 118 cm³/mol. The van der Waals surface area contributed by atoms with Crippen LogP contribution in [0, 0.1) is 0 Å². The monoisotopic (exact) mass is 494 g/mol. The molecule has 1 aromatic carbocycles. The van der Waals surface area contributed by atoms with E-state index in [1.165, 1.54) is 0 Å². The first kappa shape index (κ1) is 25.3. The lowest BCUT2D eigenvalue weighted by Crippen LogP contribution is -2.46. The van der Waals surface area contributed by atoms with Gasteiger partial charge in [-0.25, -0.2) is 9.78 Å². The second kappa shape index (κ2) is 9.52. The summed E-state index contributed by atoms with van der Waals surface area (Å²) in [7, 11) is 0. The van der Waals surface area contributed by atoms with E-state index in [4.69, 9.17) is 19.4 Å². The summed E-state index contributed by atoms with van der Waals surface area (Å²) in [6.07, 6.45) is -0.385. The second-order valence-electron chi connectivity index (χ2n) is 8.32. The van der Waals surface area contributed by atoms with Crippen LogP contribution in [0.3, 0.4) is 0 Å². The van der Waals surface area contributed by atoms with Crippen LogP contribution in [0.15, 0.2) is 34.1 Å². The van der Waals surface area contributed by atoms with Crippen LogP contribution in [-0.4, -0.2) is 44.0 Å². The maximum atomic E-state index is 12.5. The van der Waals surface area contributed by atoms with E-state index in [1.54, 1.807) is 36.7 Å². The van der Waals surface area contributed by atoms with E-state index in [9.17, 15) is 22.8 Å². The van der Waals surface area contributed by atoms with Gasteiger partial charge in [-0.1, -0.05) is 32.9 Å². The number of fused-ring (bicyclic) bond motifs is 1. The third kappa shape index (κ3) is 5.99. The maximum absolute atomic E-state index is 12.5. The smallest absolute Gasteiger partial charge is 0.475 e. The molecule has 4 rings (SSSR count). The molecule has 4 N–H and O–H groups in total. The number of carboxylic acid groups (broad SMARTS) is 1. The summed E-state index contributed by atoms with van der Waals surface area (Å²) in [5.41, 5.74) is 1.11. The van der Waals surface area contributed by atoms with Crippen LogP contribution in [0.5, 0.6) is 11.5 Å². The number of hydrogen-bond acceptors (Lipinski definition) is 6. The molecule has 0 spiro atoms. The molecular formula is C22H21F3N4O6. The third-order valence-corrected chi connectivity index (χ3v) is 4.65. The number of ether oxygens (including phenoxy) is 2. The molecular weight excluding hydrogens is 473 g/mol. The van der Waals surface area contributed by atoms with Crippen LogP contribution in [0.1, 0.15) is 37.7 Å². The van der Waals surface area contributed by atoms with Gasteiger partial charge in [0.15, 0.2) is 11.5 Å². The van der Waals surface area contributed by atoms with E-state index in [0.717, 1.165) is 5.69 Å². The number of rotatable bonds is 2. The number of benzene rings is 1. The number of imidazole rings is 1. The number of carboxylic acids is 1. The first-order chi connectivity index (χ1) is 16.3. The third-order valence-electron chi connectivity index (χ3n) is 4.65. The van der Waals surface area contributed by atoms with E-state index >= 15 is 0 Å². The van der Waals surface area contributed by atoms with Crippen molar-refractivity contribution in [2.45, 2.75) is 32.4 Å². The molecule has 1 aliphatic heterocycles. The number of H-pyrrole nitrogens is 3. The number of aliphatic carboxylic acids is 1. The minimum atomic E-state index is -5.08. The zero-order valence-corrected chi connectivity index (χ0v) is 18.7. The summed E-state index contributed by atoms with van der Waals surface area (Å²) in [6.45, 7) is 6.23. The number of halogens is 3. The SMILES string of the molecule is CC(C)(C)c1[nH]cnc1/C=c1\[nH]c(=O)/c(=C/c2cccc3c2OCO3)[nH]c1=O.O=C(O)C(F)(F)F. The Labute approximate surface area is 194 Å². The van der Waals surface area contributed by atoms with Crippen LogP contribution >= 0.6 is 0 Å². The molecule has 0 saturated carbocycles. The minimum absolute atomic E-state index is 0.126. The first-order valence-electron chi connectivity index (χ1n) is 10.1. The molecule has 0 atom stereocenters. The van der Waals surface area contributed by atoms with Crippen LogP contribution in [-0.2, 0) is 10.2 Å². The molecule has 13 heteroatoms. The van der Waals surface area contributed by atoms with Crippen molar-refractivity contribution in [2.75, 3.05) is 6.79 Å². The molecule has 3 aromatic rings. The zero-order chi connectivity index (χ0) is 26.0. The fourth-order valence-electron chi connectivity index (χ4n) is 3.07. The highest BCUT2D eigenvalue weighted by atomic mass is 19.4. The van der Waals surface area contributed by atoms with Gasteiger partial charge in [-0.2, -0.15) is 13.2 Å². The van der Waals surface area contributed by atoms with Gasteiger partial charge in [-0.3, -0.25) is 9.59 Å². The predicted octanol–water partition coefficient (Wildman–Crippen LogP) is 1.10. The Morgan fingerprint density at radius 2 is 1.66 bits per heavy atom. The van der Waals surface area contributed by atoms with Gasteiger partial charge >= 0.3 is 12.1 Å². The highest BCUT2D eigenvalue weighted by Gasteiger charge is 2.38. The van der Waals surface area contributed by atoms with Crippen molar-refractivity contribution in [3.63, 3.8) is 0 Å². The Balaban J connectivity index is 0.000000429. The van der Waals surface area contributed by atoms with Gasteiger partial charge in [-0.05, 0) is 18.2 Å². The lowest BCUT2D eigenvalue weighted by atomic mass is 9.90. The van der Waals surface area contributed by atoms with Crippen molar-refractivity contribution in [2.24, 2.45) is 0 Å². The van der Waals surface area contributed by atoms with E-state index in [2.05, 4.69) is 19.9 Å². The van der Waals surface area contributed by atoms with E-state index in [0.29, 0.717) is 22.8 Å². The van der Waals surface area contributed by atoms with Crippen molar-refractivity contribution in [3.05, 3.63) is 72.9 Å². The van der Waals surface area contributed by atoms with Crippen LogP contribution in [0.25, 0.3) is 12.2 Å².